The highest BCUT2D eigenvalue weighted by Crippen LogP contribution is 2.09. The lowest BCUT2D eigenvalue weighted by molar-refractivity contribution is 1.56. The molecule has 32 heavy (non-hydrogen) atoms. The summed E-state index contributed by atoms with van der Waals surface area (Å²) in [4.78, 5) is 0. The van der Waals surface area contributed by atoms with Crippen LogP contribution in [0, 0.1) is 47.4 Å². The van der Waals surface area contributed by atoms with E-state index >= 15 is 0 Å². The number of fused-ring (bicyclic) bond motifs is 8. The number of hydrogen-bond acceptors (Lipinski definition) is 0. The Morgan fingerprint density at radius 2 is 0.406 bits per heavy atom. The molecule has 0 radical (unpaired) electrons. The van der Waals surface area contributed by atoms with Gasteiger partial charge in [-0.3, -0.25) is 0 Å². The zero-order valence-corrected chi connectivity index (χ0v) is 17.2. The first-order valence-corrected chi connectivity index (χ1v) is 10.3. The number of hydrogen-bond donors (Lipinski definition) is 0. The standard InChI is InChI=1S/C32H16/c1-5-25-13-15-27-7-2-9-29(22-27)17-19-31-11-4-12-32(24-31)20-18-30-10-3-8-28(23-30)16-14-26(6-1)21-25/h1-12,21-24H. The van der Waals surface area contributed by atoms with Gasteiger partial charge in [-0.25, -0.2) is 0 Å². The minimum atomic E-state index is 0.930. The third-order valence-corrected chi connectivity index (χ3v) is 4.85. The molecular formula is C32H16. The molecule has 0 heterocycles. The van der Waals surface area contributed by atoms with Crippen molar-refractivity contribution in [1.82, 2.24) is 0 Å². The Balaban J connectivity index is 1.65. The first kappa shape index (κ1) is 19.1. The second-order valence-corrected chi connectivity index (χ2v) is 7.32. The first-order valence-electron chi connectivity index (χ1n) is 10.3. The van der Waals surface area contributed by atoms with Gasteiger partial charge in [-0.05, 0) is 72.8 Å². The molecule has 0 spiro atoms. The first-order chi connectivity index (χ1) is 15.8. The molecule has 0 nitrogen and oxygen atoms in total. The number of benzene rings is 4. The van der Waals surface area contributed by atoms with E-state index in [2.05, 4.69) is 47.4 Å². The van der Waals surface area contributed by atoms with Gasteiger partial charge in [0.1, 0.15) is 0 Å². The van der Waals surface area contributed by atoms with Gasteiger partial charge in [0.15, 0.2) is 0 Å². The van der Waals surface area contributed by atoms with E-state index < -0.39 is 0 Å². The normalized spacial score (nSPS) is 10.5. The van der Waals surface area contributed by atoms with Crippen molar-refractivity contribution in [3.05, 3.63) is 142 Å². The molecule has 0 fully saturated rings. The van der Waals surface area contributed by atoms with Crippen molar-refractivity contribution in [3.8, 4) is 47.4 Å². The molecule has 1 aliphatic carbocycles. The van der Waals surface area contributed by atoms with Gasteiger partial charge < -0.3 is 0 Å². The maximum atomic E-state index is 3.24. The van der Waals surface area contributed by atoms with Crippen LogP contribution in [0.1, 0.15) is 44.5 Å². The second kappa shape index (κ2) is 8.86. The third kappa shape index (κ3) is 4.81. The van der Waals surface area contributed by atoms with Gasteiger partial charge in [-0.15, -0.1) is 0 Å². The Hall–Kier alpha value is -4.88. The van der Waals surface area contributed by atoms with Gasteiger partial charge in [-0.1, -0.05) is 71.6 Å². The van der Waals surface area contributed by atoms with Crippen LogP contribution in [0.15, 0.2) is 97.1 Å². The fourth-order valence-electron chi connectivity index (χ4n) is 3.28. The Morgan fingerprint density at radius 3 is 0.562 bits per heavy atom. The van der Waals surface area contributed by atoms with E-state index in [1.54, 1.807) is 0 Å². The van der Waals surface area contributed by atoms with Crippen molar-refractivity contribution < 1.29 is 0 Å². The van der Waals surface area contributed by atoms with Crippen molar-refractivity contribution in [2.75, 3.05) is 0 Å². The summed E-state index contributed by atoms with van der Waals surface area (Å²) >= 11 is 0. The molecule has 5 rings (SSSR count). The maximum Gasteiger partial charge on any atom is 0.0261 e. The molecule has 4 aromatic rings. The van der Waals surface area contributed by atoms with Gasteiger partial charge in [0, 0.05) is 44.5 Å². The van der Waals surface area contributed by atoms with E-state index in [1.807, 2.05) is 97.1 Å². The van der Waals surface area contributed by atoms with Crippen molar-refractivity contribution in [2.24, 2.45) is 0 Å². The lowest BCUT2D eigenvalue weighted by atomic mass is 10.1. The molecule has 0 atom stereocenters. The van der Waals surface area contributed by atoms with Crippen molar-refractivity contribution in [2.45, 2.75) is 0 Å². The van der Waals surface area contributed by atoms with E-state index in [4.69, 9.17) is 0 Å². The van der Waals surface area contributed by atoms with E-state index in [1.165, 1.54) is 0 Å². The average molecular weight is 400 g/mol. The second-order valence-electron chi connectivity index (χ2n) is 7.32. The monoisotopic (exact) mass is 400 g/mol. The summed E-state index contributed by atoms with van der Waals surface area (Å²) in [6.07, 6.45) is 0. The summed E-state index contributed by atoms with van der Waals surface area (Å²) in [6, 6.07) is 32.0. The molecule has 1 aliphatic rings. The van der Waals surface area contributed by atoms with Crippen LogP contribution in [0.25, 0.3) is 0 Å². The quantitative estimate of drug-likeness (QED) is 0.297. The molecule has 0 unspecified atom stereocenters. The van der Waals surface area contributed by atoms with Gasteiger partial charge >= 0.3 is 0 Å². The van der Waals surface area contributed by atoms with Crippen molar-refractivity contribution >= 4 is 0 Å². The largest absolute Gasteiger partial charge is 0.0616 e. The lowest BCUT2D eigenvalue weighted by Crippen LogP contribution is -1.83. The van der Waals surface area contributed by atoms with E-state index in [0.717, 1.165) is 44.5 Å². The molecule has 0 saturated carbocycles. The van der Waals surface area contributed by atoms with Crippen molar-refractivity contribution in [3.63, 3.8) is 0 Å². The highest BCUT2D eigenvalue weighted by Gasteiger charge is 1.95. The summed E-state index contributed by atoms with van der Waals surface area (Å²) in [5.74, 6) is 25.9. The van der Waals surface area contributed by atoms with Crippen LogP contribution in [0.3, 0.4) is 0 Å². The van der Waals surface area contributed by atoms with Crippen LogP contribution in [0.4, 0.5) is 0 Å². The fourth-order valence-corrected chi connectivity index (χ4v) is 3.28. The molecule has 0 aliphatic heterocycles. The summed E-state index contributed by atoms with van der Waals surface area (Å²) in [5.41, 5.74) is 7.44. The summed E-state index contributed by atoms with van der Waals surface area (Å²) < 4.78 is 0. The molecule has 0 aromatic heterocycles. The third-order valence-electron chi connectivity index (χ3n) is 4.85. The molecular weight excluding hydrogens is 384 g/mol. The van der Waals surface area contributed by atoms with E-state index in [9.17, 15) is 0 Å². The average Bonchev–Trinajstić information content (AvgIpc) is 2.84. The summed E-state index contributed by atoms with van der Waals surface area (Å²) in [6.45, 7) is 0. The van der Waals surface area contributed by atoms with Crippen LogP contribution in [-0.2, 0) is 0 Å². The van der Waals surface area contributed by atoms with Crippen LogP contribution < -0.4 is 0 Å². The molecule has 0 N–H and O–H groups in total. The topological polar surface area (TPSA) is 0 Å². The molecule has 8 bridgehead atoms. The Morgan fingerprint density at radius 1 is 0.250 bits per heavy atom. The van der Waals surface area contributed by atoms with Crippen LogP contribution >= 0.6 is 0 Å². The zero-order valence-electron chi connectivity index (χ0n) is 17.2. The predicted octanol–water partition coefficient (Wildman–Crippen LogP) is 5.60. The smallest absolute Gasteiger partial charge is 0.0261 e. The lowest BCUT2D eigenvalue weighted by Gasteiger charge is -1.96. The summed E-state index contributed by atoms with van der Waals surface area (Å²) in [7, 11) is 0. The molecule has 0 heteroatoms. The van der Waals surface area contributed by atoms with Crippen LogP contribution in [0.2, 0.25) is 0 Å². The predicted molar refractivity (Wildman–Crippen MR) is 130 cm³/mol. The summed E-state index contributed by atoms with van der Waals surface area (Å²) in [5, 5.41) is 0. The van der Waals surface area contributed by atoms with Crippen LogP contribution in [0.5, 0.6) is 0 Å². The SMILES string of the molecule is C1#Cc2cccc(c2)C#Cc2cccc(c2)C#Cc2cccc(c2)C#Cc2cccc1c2. The molecule has 144 valence electrons. The minimum Gasteiger partial charge on any atom is -0.0616 e. The van der Waals surface area contributed by atoms with Gasteiger partial charge in [0.2, 0.25) is 0 Å². The zero-order chi connectivity index (χ0) is 21.6. The Kier molecular flexibility index (Phi) is 5.29. The van der Waals surface area contributed by atoms with E-state index in [0.29, 0.717) is 0 Å². The minimum absolute atomic E-state index is 0.930. The number of rotatable bonds is 0. The Bertz CT molecular complexity index is 1250. The van der Waals surface area contributed by atoms with Gasteiger partial charge in [0.25, 0.3) is 0 Å². The van der Waals surface area contributed by atoms with Crippen molar-refractivity contribution in [1.29, 1.82) is 0 Å². The highest BCUT2D eigenvalue weighted by molar-refractivity contribution is 5.54. The van der Waals surface area contributed by atoms with Gasteiger partial charge in [0.05, 0.1) is 0 Å². The molecule has 4 aromatic carbocycles. The fraction of sp³-hybridized carbons (Fsp3) is 0. The van der Waals surface area contributed by atoms with E-state index in [-0.39, 0.29) is 0 Å². The Labute approximate surface area is 189 Å². The molecule has 0 saturated heterocycles. The molecule has 0 amide bonds. The highest BCUT2D eigenvalue weighted by atomic mass is 14.0. The van der Waals surface area contributed by atoms with Gasteiger partial charge in [-0.2, -0.15) is 0 Å². The maximum absolute atomic E-state index is 3.24. The van der Waals surface area contributed by atoms with Crippen LogP contribution in [-0.4, -0.2) is 0 Å².